The molecule has 61 heavy (non-hydrogen) atoms. The Hall–Kier alpha value is -7.52. The number of anilines is 3. The minimum absolute atomic E-state index is 0.447. The molecule has 1 aliphatic rings. The number of rotatable bonds is 7. The molecular formula is C59H39NS. The van der Waals surface area contributed by atoms with E-state index in [1.54, 1.807) is 0 Å². The molecule has 12 rings (SSSR count). The molecule has 1 nitrogen and oxygen atoms in total. The van der Waals surface area contributed by atoms with E-state index in [1.807, 2.05) is 11.3 Å². The maximum atomic E-state index is 2.39. The van der Waals surface area contributed by atoms with Gasteiger partial charge in [-0.1, -0.05) is 188 Å². The van der Waals surface area contributed by atoms with Crippen molar-refractivity contribution in [3.8, 4) is 33.4 Å². The van der Waals surface area contributed by atoms with Crippen LogP contribution in [0.4, 0.5) is 17.1 Å². The van der Waals surface area contributed by atoms with Crippen LogP contribution >= 0.6 is 11.3 Å². The van der Waals surface area contributed by atoms with E-state index in [0.717, 1.165) is 17.1 Å². The van der Waals surface area contributed by atoms with Crippen molar-refractivity contribution >= 4 is 59.3 Å². The van der Waals surface area contributed by atoms with Crippen molar-refractivity contribution in [2.45, 2.75) is 5.41 Å². The summed E-state index contributed by atoms with van der Waals surface area (Å²) in [6.45, 7) is 0. The second-order valence-electron chi connectivity index (χ2n) is 16.0. The van der Waals surface area contributed by atoms with Crippen molar-refractivity contribution in [2.24, 2.45) is 0 Å². The SMILES string of the molecule is c1ccc(-c2ccc(N(c3ccc(-c4cccc5c4sc4cc6ccccc6cc45)cc3)c3ccc(C4(c5ccccc5)c5ccccc5-c5ccccc54)cc3)cc2)cc1. The summed E-state index contributed by atoms with van der Waals surface area (Å²) in [6.07, 6.45) is 0. The maximum Gasteiger partial charge on any atom is 0.0713 e. The summed E-state index contributed by atoms with van der Waals surface area (Å²) in [4.78, 5) is 2.39. The monoisotopic (exact) mass is 793 g/mol. The average Bonchev–Trinajstić information content (AvgIpc) is 3.85. The highest BCUT2D eigenvalue weighted by molar-refractivity contribution is 7.26. The Kier molecular flexibility index (Phi) is 8.33. The minimum atomic E-state index is -0.447. The molecule has 0 saturated heterocycles. The molecule has 0 spiro atoms. The van der Waals surface area contributed by atoms with E-state index in [4.69, 9.17) is 0 Å². The van der Waals surface area contributed by atoms with Gasteiger partial charge in [0.05, 0.1) is 5.41 Å². The highest BCUT2D eigenvalue weighted by Crippen LogP contribution is 2.56. The van der Waals surface area contributed by atoms with E-state index in [2.05, 4.69) is 241 Å². The van der Waals surface area contributed by atoms with Gasteiger partial charge in [-0.3, -0.25) is 0 Å². The predicted molar refractivity (Wildman–Crippen MR) is 260 cm³/mol. The molecule has 11 aromatic rings. The lowest BCUT2D eigenvalue weighted by molar-refractivity contribution is 0.768. The quantitative estimate of drug-likeness (QED) is 0.155. The summed E-state index contributed by atoms with van der Waals surface area (Å²) >= 11 is 1.89. The van der Waals surface area contributed by atoms with Crippen LogP contribution in [0.15, 0.2) is 237 Å². The van der Waals surface area contributed by atoms with Gasteiger partial charge in [-0.25, -0.2) is 0 Å². The molecule has 1 heterocycles. The largest absolute Gasteiger partial charge is 0.311 e. The van der Waals surface area contributed by atoms with Crippen LogP contribution in [-0.2, 0) is 5.41 Å². The van der Waals surface area contributed by atoms with Crippen LogP contribution in [0.3, 0.4) is 0 Å². The van der Waals surface area contributed by atoms with E-state index in [0.29, 0.717) is 0 Å². The lowest BCUT2D eigenvalue weighted by Gasteiger charge is -2.34. The first-order valence-electron chi connectivity index (χ1n) is 21.0. The smallest absolute Gasteiger partial charge is 0.0713 e. The highest BCUT2D eigenvalue weighted by Gasteiger charge is 2.45. The van der Waals surface area contributed by atoms with Gasteiger partial charge in [0.25, 0.3) is 0 Å². The topological polar surface area (TPSA) is 3.24 Å². The molecule has 0 unspecified atom stereocenters. The lowest BCUT2D eigenvalue weighted by Crippen LogP contribution is -2.28. The zero-order chi connectivity index (χ0) is 40.3. The van der Waals surface area contributed by atoms with Gasteiger partial charge >= 0.3 is 0 Å². The molecule has 0 aliphatic heterocycles. The summed E-state index contributed by atoms with van der Waals surface area (Å²) < 4.78 is 2.65. The highest BCUT2D eigenvalue weighted by atomic mass is 32.1. The number of fused-ring (bicyclic) bond motifs is 7. The van der Waals surface area contributed by atoms with E-state index in [1.165, 1.54) is 86.6 Å². The molecule has 286 valence electrons. The van der Waals surface area contributed by atoms with Crippen molar-refractivity contribution in [3.63, 3.8) is 0 Å². The lowest BCUT2D eigenvalue weighted by atomic mass is 9.68. The first-order valence-corrected chi connectivity index (χ1v) is 21.8. The van der Waals surface area contributed by atoms with Crippen LogP contribution in [0.25, 0.3) is 64.3 Å². The van der Waals surface area contributed by atoms with Gasteiger partial charge in [-0.15, -0.1) is 11.3 Å². The van der Waals surface area contributed by atoms with Crippen molar-refractivity contribution in [2.75, 3.05) is 4.90 Å². The average molecular weight is 794 g/mol. The third-order valence-corrected chi connectivity index (χ3v) is 14.0. The number of thiophene rings is 1. The number of nitrogens with zero attached hydrogens (tertiary/aromatic N) is 1. The Labute approximate surface area is 360 Å². The number of hydrogen-bond donors (Lipinski definition) is 0. The van der Waals surface area contributed by atoms with Crippen molar-refractivity contribution in [1.29, 1.82) is 0 Å². The molecule has 0 fully saturated rings. The Balaban J connectivity index is 0.982. The molecule has 0 amide bonds. The molecule has 0 radical (unpaired) electrons. The molecule has 0 atom stereocenters. The van der Waals surface area contributed by atoms with Gasteiger partial charge in [-0.05, 0) is 115 Å². The fourth-order valence-corrected chi connectivity index (χ4v) is 11.2. The second kappa shape index (κ2) is 14.3. The first-order chi connectivity index (χ1) is 30.2. The zero-order valence-corrected chi connectivity index (χ0v) is 34.2. The van der Waals surface area contributed by atoms with Crippen LogP contribution < -0.4 is 4.90 Å². The summed E-state index contributed by atoms with van der Waals surface area (Å²) in [5.41, 5.74) is 15.5. The fraction of sp³-hybridized carbons (Fsp3) is 0.0169. The van der Waals surface area contributed by atoms with Crippen molar-refractivity contribution in [3.05, 3.63) is 259 Å². The maximum absolute atomic E-state index is 2.39. The minimum Gasteiger partial charge on any atom is -0.311 e. The predicted octanol–water partition coefficient (Wildman–Crippen LogP) is 16.4. The summed E-state index contributed by atoms with van der Waals surface area (Å²) in [7, 11) is 0. The normalized spacial score (nSPS) is 12.7. The molecule has 2 heteroatoms. The van der Waals surface area contributed by atoms with Crippen LogP contribution in [-0.4, -0.2) is 0 Å². The molecule has 0 N–H and O–H groups in total. The molecule has 0 saturated carbocycles. The summed E-state index contributed by atoms with van der Waals surface area (Å²) in [6, 6.07) is 87.1. The zero-order valence-electron chi connectivity index (χ0n) is 33.4. The van der Waals surface area contributed by atoms with Crippen LogP contribution in [0.2, 0.25) is 0 Å². The van der Waals surface area contributed by atoms with Gasteiger partial charge in [0, 0.05) is 37.2 Å². The Morgan fingerprint density at radius 1 is 0.328 bits per heavy atom. The van der Waals surface area contributed by atoms with Crippen molar-refractivity contribution < 1.29 is 0 Å². The molecule has 1 aromatic heterocycles. The fourth-order valence-electron chi connectivity index (χ4n) is 9.95. The Morgan fingerprint density at radius 2 is 0.803 bits per heavy atom. The van der Waals surface area contributed by atoms with E-state index in [9.17, 15) is 0 Å². The van der Waals surface area contributed by atoms with Gasteiger partial charge < -0.3 is 4.90 Å². The Morgan fingerprint density at radius 3 is 1.44 bits per heavy atom. The van der Waals surface area contributed by atoms with Gasteiger partial charge in [0.1, 0.15) is 0 Å². The van der Waals surface area contributed by atoms with Gasteiger partial charge in [0.15, 0.2) is 0 Å². The number of hydrogen-bond acceptors (Lipinski definition) is 2. The third kappa shape index (κ3) is 5.68. The molecule has 0 bridgehead atoms. The first kappa shape index (κ1) is 35.4. The summed E-state index contributed by atoms with van der Waals surface area (Å²) in [5, 5.41) is 5.20. The molecule has 10 aromatic carbocycles. The molecular weight excluding hydrogens is 755 g/mol. The van der Waals surface area contributed by atoms with Crippen LogP contribution in [0, 0.1) is 0 Å². The van der Waals surface area contributed by atoms with Crippen molar-refractivity contribution in [1.82, 2.24) is 0 Å². The molecule has 1 aliphatic carbocycles. The standard InChI is InChI=1S/C59H39NS/c1-3-14-40(15-4-1)41-26-32-47(33-27-41)60(48-34-28-42(29-35-48)50-22-13-23-53-54-38-43-16-7-8-17-44(43)39-57(54)61-58(50)53)49-36-30-46(31-37-49)59(45-18-5-2-6-19-45)55-24-11-9-20-51(55)52-21-10-12-25-56(52)59/h1-39H. The van der Waals surface area contributed by atoms with E-state index < -0.39 is 5.41 Å². The van der Waals surface area contributed by atoms with Crippen LogP contribution in [0.1, 0.15) is 22.3 Å². The number of benzene rings is 10. The second-order valence-corrected chi connectivity index (χ2v) is 17.1. The summed E-state index contributed by atoms with van der Waals surface area (Å²) in [5.74, 6) is 0. The van der Waals surface area contributed by atoms with Crippen LogP contribution in [0.5, 0.6) is 0 Å². The van der Waals surface area contributed by atoms with Gasteiger partial charge in [0.2, 0.25) is 0 Å². The third-order valence-electron chi connectivity index (χ3n) is 12.8. The van der Waals surface area contributed by atoms with Gasteiger partial charge in [-0.2, -0.15) is 0 Å². The van der Waals surface area contributed by atoms with E-state index >= 15 is 0 Å². The Bertz CT molecular complexity index is 3340. The van der Waals surface area contributed by atoms with E-state index in [-0.39, 0.29) is 0 Å².